The van der Waals surface area contributed by atoms with Gasteiger partial charge in [-0.15, -0.1) is 0 Å². The predicted octanol–water partition coefficient (Wildman–Crippen LogP) is 3.13. The SMILES string of the molecule is c1cnc(-c2ccc(N3CCCCC3)cc2)cn1. The Hall–Kier alpha value is -1.90. The number of hydrogen-bond donors (Lipinski definition) is 0. The van der Waals surface area contributed by atoms with E-state index >= 15 is 0 Å². The molecule has 1 aliphatic rings. The van der Waals surface area contributed by atoms with Gasteiger partial charge in [0.15, 0.2) is 0 Å². The smallest absolute Gasteiger partial charge is 0.0885 e. The molecule has 1 saturated heterocycles. The Bertz CT molecular complexity index is 487. The molecule has 0 N–H and O–H groups in total. The van der Waals surface area contributed by atoms with Gasteiger partial charge in [0.25, 0.3) is 0 Å². The van der Waals surface area contributed by atoms with Gasteiger partial charge < -0.3 is 4.90 Å². The fourth-order valence-corrected chi connectivity index (χ4v) is 2.44. The number of anilines is 1. The van der Waals surface area contributed by atoms with Crippen molar-refractivity contribution in [3.8, 4) is 11.3 Å². The van der Waals surface area contributed by atoms with Crippen molar-refractivity contribution in [1.82, 2.24) is 9.97 Å². The van der Waals surface area contributed by atoms with E-state index < -0.39 is 0 Å². The summed E-state index contributed by atoms with van der Waals surface area (Å²) in [5.74, 6) is 0. The molecule has 3 rings (SSSR count). The average Bonchev–Trinajstić information content (AvgIpc) is 2.49. The van der Waals surface area contributed by atoms with Gasteiger partial charge in [-0.05, 0) is 31.4 Å². The minimum atomic E-state index is 0.933. The van der Waals surface area contributed by atoms with Crippen LogP contribution in [0.5, 0.6) is 0 Å². The van der Waals surface area contributed by atoms with E-state index in [2.05, 4.69) is 39.1 Å². The second-order valence-corrected chi connectivity index (χ2v) is 4.69. The maximum atomic E-state index is 4.32. The van der Waals surface area contributed by atoms with E-state index in [-0.39, 0.29) is 0 Å². The largest absolute Gasteiger partial charge is 0.372 e. The molecule has 0 bridgehead atoms. The summed E-state index contributed by atoms with van der Waals surface area (Å²) in [5.41, 5.74) is 3.38. The van der Waals surface area contributed by atoms with Crippen LogP contribution in [-0.2, 0) is 0 Å². The fraction of sp³-hybridized carbons (Fsp3) is 0.333. The van der Waals surface area contributed by atoms with Crippen molar-refractivity contribution in [2.24, 2.45) is 0 Å². The highest BCUT2D eigenvalue weighted by atomic mass is 15.1. The number of piperidine rings is 1. The lowest BCUT2D eigenvalue weighted by atomic mass is 10.1. The molecule has 92 valence electrons. The third kappa shape index (κ3) is 2.35. The molecule has 0 aliphatic carbocycles. The first-order valence-corrected chi connectivity index (χ1v) is 6.55. The molecular weight excluding hydrogens is 222 g/mol. The summed E-state index contributed by atoms with van der Waals surface area (Å²) in [6, 6.07) is 8.65. The quantitative estimate of drug-likeness (QED) is 0.806. The highest BCUT2D eigenvalue weighted by Crippen LogP contribution is 2.23. The predicted molar refractivity (Wildman–Crippen MR) is 73.5 cm³/mol. The minimum absolute atomic E-state index is 0.933. The molecule has 3 heteroatoms. The van der Waals surface area contributed by atoms with Crippen LogP contribution in [0.25, 0.3) is 11.3 Å². The van der Waals surface area contributed by atoms with Gasteiger partial charge in [-0.3, -0.25) is 9.97 Å². The summed E-state index contributed by atoms with van der Waals surface area (Å²) >= 11 is 0. The highest BCUT2D eigenvalue weighted by Gasteiger charge is 2.10. The summed E-state index contributed by atoms with van der Waals surface area (Å²) in [6.45, 7) is 2.37. The second kappa shape index (κ2) is 5.17. The summed E-state index contributed by atoms with van der Waals surface area (Å²) in [7, 11) is 0. The highest BCUT2D eigenvalue weighted by molar-refractivity contribution is 5.62. The van der Waals surface area contributed by atoms with Gasteiger partial charge >= 0.3 is 0 Å². The average molecular weight is 239 g/mol. The summed E-state index contributed by atoms with van der Waals surface area (Å²) in [4.78, 5) is 10.9. The van der Waals surface area contributed by atoms with E-state index in [1.807, 2.05) is 0 Å². The van der Waals surface area contributed by atoms with Crippen LogP contribution in [0.3, 0.4) is 0 Å². The van der Waals surface area contributed by atoms with E-state index in [9.17, 15) is 0 Å². The van der Waals surface area contributed by atoms with E-state index in [1.54, 1.807) is 18.6 Å². The lowest BCUT2D eigenvalue weighted by Crippen LogP contribution is -2.29. The molecule has 2 heterocycles. The fourth-order valence-electron chi connectivity index (χ4n) is 2.44. The molecule has 1 aromatic heterocycles. The van der Waals surface area contributed by atoms with Crippen LogP contribution in [0.15, 0.2) is 42.9 Å². The van der Waals surface area contributed by atoms with Crippen LogP contribution < -0.4 is 4.90 Å². The third-order valence-electron chi connectivity index (χ3n) is 3.45. The van der Waals surface area contributed by atoms with Crippen molar-refractivity contribution in [3.05, 3.63) is 42.9 Å². The normalized spacial score (nSPS) is 15.7. The van der Waals surface area contributed by atoms with Crippen molar-refractivity contribution in [2.45, 2.75) is 19.3 Å². The maximum absolute atomic E-state index is 4.32. The Balaban J connectivity index is 1.80. The molecule has 0 unspecified atom stereocenters. The van der Waals surface area contributed by atoms with Crippen LogP contribution in [0, 0.1) is 0 Å². The molecule has 0 spiro atoms. The minimum Gasteiger partial charge on any atom is -0.372 e. The zero-order valence-corrected chi connectivity index (χ0v) is 10.4. The molecular formula is C15H17N3. The van der Waals surface area contributed by atoms with E-state index in [4.69, 9.17) is 0 Å². The van der Waals surface area contributed by atoms with Crippen LogP contribution in [0.2, 0.25) is 0 Å². The number of aromatic nitrogens is 2. The maximum Gasteiger partial charge on any atom is 0.0885 e. The van der Waals surface area contributed by atoms with E-state index in [0.29, 0.717) is 0 Å². The first-order valence-electron chi connectivity index (χ1n) is 6.55. The zero-order chi connectivity index (χ0) is 12.2. The molecule has 1 fully saturated rings. The Kier molecular flexibility index (Phi) is 3.22. The van der Waals surface area contributed by atoms with Gasteiger partial charge in [0.05, 0.1) is 11.9 Å². The lowest BCUT2D eigenvalue weighted by Gasteiger charge is -2.28. The Morgan fingerprint density at radius 2 is 1.67 bits per heavy atom. The standard InChI is InChI=1S/C15H17N3/c1-2-10-18(11-3-1)14-6-4-13(5-7-14)15-12-16-8-9-17-15/h4-9,12H,1-3,10-11H2. The molecule has 3 nitrogen and oxygen atoms in total. The molecule has 1 aromatic carbocycles. The lowest BCUT2D eigenvalue weighted by molar-refractivity contribution is 0.578. The molecule has 0 radical (unpaired) electrons. The number of rotatable bonds is 2. The van der Waals surface area contributed by atoms with Crippen LogP contribution in [0.4, 0.5) is 5.69 Å². The second-order valence-electron chi connectivity index (χ2n) is 4.69. The van der Waals surface area contributed by atoms with Crippen molar-refractivity contribution < 1.29 is 0 Å². The van der Waals surface area contributed by atoms with Gasteiger partial charge in [0.2, 0.25) is 0 Å². The van der Waals surface area contributed by atoms with Crippen LogP contribution in [0.1, 0.15) is 19.3 Å². The van der Waals surface area contributed by atoms with Gasteiger partial charge in [0, 0.05) is 36.7 Å². The zero-order valence-electron chi connectivity index (χ0n) is 10.4. The van der Waals surface area contributed by atoms with Crippen LogP contribution >= 0.6 is 0 Å². The number of benzene rings is 1. The Labute approximate surface area is 108 Å². The summed E-state index contributed by atoms with van der Waals surface area (Å²) < 4.78 is 0. The van der Waals surface area contributed by atoms with Gasteiger partial charge in [0.1, 0.15) is 0 Å². The Morgan fingerprint density at radius 1 is 0.889 bits per heavy atom. The van der Waals surface area contributed by atoms with Gasteiger partial charge in [-0.25, -0.2) is 0 Å². The molecule has 1 aliphatic heterocycles. The summed E-state index contributed by atoms with van der Waals surface area (Å²) in [6.07, 6.45) is 9.22. The monoisotopic (exact) mass is 239 g/mol. The Morgan fingerprint density at radius 3 is 2.33 bits per heavy atom. The third-order valence-corrected chi connectivity index (χ3v) is 3.45. The van der Waals surface area contributed by atoms with E-state index in [0.717, 1.165) is 11.3 Å². The van der Waals surface area contributed by atoms with Crippen molar-refractivity contribution in [2.75, 3.05) is 18.0 Å². The van der Waals surface area contributed by atoms with Crippen molar-refractivity contribution >= 4 is 5.69 Å². The van der Waals surface area contributed by atoms with Crippen LogP contribution in [-0.4, -0.2) is 23.1 Å². The first-order chi connectivity index (χ1) is 8.93. The molecule has 2 aromatic rings. The van der Waals surface area contributed by atoms with Gasteiger partial charge in [-0.1, -0.05) is 12.1 Å². The first kappa shape index (κ1) is 11.2. The molecule has 0 amide bonds. The van der Waals surface area contributed by atoms with Crippen molar-refractivity contribution in [1.29, 1.82) is 0 Å². The topological polar surface area (TPSA) is 29.0 Å². The van der Waals surface area contributed by atoms with Crippen molar-refractivity contribution in [3.63, 3.8) is 0 Å². The van der Waals surface area contributed by atoms with E-state index in [1.165, 1.54) is 38.0 Å². The number of hydrogen-bond acceptors (Lipinski definition) is 3. The number of nitrogens with zero attached hydrogens (tertiary/aromatic N) is 3. The summed E-state index contributed by atoms with van der Waals surface area (Å²) in [5, 5.41) is 0. The molecule has 0 atom stereocenters. The van der Waals surface area contributed by atoms with Gasteiger partial charge in [-0.2, -0.15) is 0 Å². The molecule has 0 saturated carbocycles. The molecule has 18 heavy (non-hydrogen) atoms.